The van der Waals surface area contributed by atoms with Gasteiger partial charge in [0.25, 0.3) is 0 Å². The van der Waals surface area contributed by atoms with Gasteiger partial charge in [-0.25, -0.2) is 9.97 Å². The first kappa shape index (κ1) is 33.8. The van der Waals surface area contributed by atoms with E-state index in [1.807, 2.05) is 34.0 Å². The number of fused-ring (bicyclic) bond motifs is 18. The third kappa shape index (κ3) is 5.00. The van der Waals surface area contributed by atoms with Crippen LogP contribution >= 0.6 is 34.0 Å². The average Bonchev–Trinajstić information content (AvgIpc) is 4.02. The minimum Gasteiger partial charge on any atom is -0.228 e. The Labute approximate surface area is 361 Å². The van der Waals surface area contributed by atoms with Crippen molar-refractivity contribution in [2.45, 2.75) is 0 Å². The van der Waals surface area contributed by atoms with Crippen molar-refractivity contribution in [3.63, 3.8) is 0 Å². The van der Waals surface area contributed by atoms with Crippen LogP contribution in [0.4, 0.5) is 0 Å². The molecule has 0 bridgehead atoms. The summed E-state index contributed by atoms with van der Waals surface area (Å²) in [6.07, 6.45) is 0. The molecule has 0 saturated carbocycles. The van der Waals surface area contributed by atoms with E-state index in [9.17, 15) is 0 Å². The van der Waals surface area contributed by atoms with E-state index in [1.54, 1.807) is 0 Å². The average molecular weight is 827 g/mol. The molecular weight excluding hydrogens is 797 g/mol. The highest BCUT2D eigenvalue weighted by molar-refractivity contribution is 7.27. The second kappa shape index (κ2) is 12.7. The topological polar surface area (TPSA) is 25.8 Å². The minimum absolute atomic E-state index is 0.718. The molecule has 4 aromatic heterocycles. The van der Waals surface area contributed by atoms with Crippen molar-refractivity contribution in [2.75, 3.05) is 0 Å². The van der Waals surface area contributed by atoms with Crippen LogP contribution in [0.1, 0.15) is 0 Å². The van der Waals surface area contributed by atoms with E-state index in [0.717, 1.165) is 33.9 Å². The highest BCUT2D eigenvalue weighted by Gasteiger charge is 2.19. The summed E-state index contributed by atoms with van der Waals surface area (Å²) in [5.74, 6) is 0.718. The zero-order chi connectivity index (χ0) is 39.8. The molecule has 0 saturated heterocycles. The molecule has 61 heavy (non-hydrogen) atoms. The Balaban J connectivity index is 1.01. The van der Waals surface area contributed by atoms with Crippen molar-refractivity contribution in [2.24, 2.45) is 0 Å². The monoisotopic (exact) mass is 826 g/mol. The fourth-order valence-corrected chi connectivity index (χ4v) is 13.3. The number of nitrogens with zero attached hydrogens (tertiary/aromatic N) is 2. The minimum atomic E-state index is 0.718. The molecule has 0 aliphatic rings. The Morgan fingerprint density at radius 2 is 0.770 bits per heavy atom. The van der Waals surface area contributed by atoms with Gasteiger partial charge in [-0.1, -0.05) is 127 Å². The van der Waals surface area contributed by atoms with Crippen LogP contribution in [0.25, 0.3) is 138 Å². The van der Waals surface area contributed by atoms with Crippen LogP contribution in [0.15, 0.2) is 182 Å². The Hall–Kier alpha value is -7.02. The summed E-state index contributed by atoms with van der Waals surface area (Å²) in [6, 6.07) is 67.0. The van der Waals surface area contributed by atoms with E-state index in [2.05, 4.69) is 182 Å². The lowest BCUT2D eigenvalue weighted by atomic mass is 9.92. The number of aromatic nitrogens is 2. The molecule has 4 heterocycles. The van der Waals surface area contributed by atoms with Gasteiger partial charge in [0.1, 0.15) is 0 Å². The lowest BCUT2D eigenvalue weighted by Gasteiger charge is -2.14. The molecule has 0 aliphatic carbocycles. The summed E-state index contributed by atoms with van der Waals surface area (Å²) >= 11 is 5.60. The predicted molar refractivity (Wildman–Crippen MR) is 267 cm³/mol. The van der Waals surface area contributed by atoms with Gasteiger partial charge in [0.15, 0.2) is 5.82 Å². The molecule has 5 heteroatoms. The van der Waals surface area contributed by atoms with E-state index in [4.69, 9.17) is 9.97 Å². The van der Waals surface area contributed by atoms with Crippen molar-refractivity contribution in [1.29, 1.82) is 0 Å². The largest absolute Gasteiger partial charge is 0.228 e. The van der Waals surface area contributed by atoms with Gasteiger partial charge in [-0.2, -0.15) is 0 Å². The third-order valence-corrected chi connectivity index (χ3v) is 16.1. The summed E-state index contributed by atoms with van der Waals surface area (Å²) in [6.45, 7) is 0. The van der Waals surface area contributed by atoms with Gasteiger partial charge in [0.05, 0.1) is 11.4 Å². The van der Waals surface area contributed by atoms with Crippen molar-refractivity contribution in [3.05, 3.63) is 182 Å². The van der Waals surface area contributed by atoms with Gasteiger partial charge in [-0.15, -0.1) is 34.0 Å². The van der Waals surface area contributed by atoms with Crippen LogP contribution in [0.2, 0.25) is 0 Å². The molecule has 0 amide bonds. The smallest absolute Gasteiger partial charge is 0.160 e. The van der Waals surface area contributed by atoms with Crippen LogP contribution in [0.5, 0.6) is 0 Å². The summed E-state index contributed by atoms with van der Waals surface area (Å²) in [4.78, 5) is 10.8. The van der Waals surface area contributed by atoms with Crippen LogP contribution in [-0.2, 0) is 0 Å². The highest BCUT2D eigenvalue weighted by Crippen LogP contribution is 2.47. The van der Waals surface area contributed by atoms with Gasteiger partial charge >= 0.3 is 0 Å². The van der Waals surface area contributed by atoms with Gasteiger partial charge in [0, 0.05) is 82.6 Å². The molecule has 14 aromatic rings. The van der Waals surface area contributed by atoms with E-state index < -0.39 is 0 Å². The zero-order valence-corrected chi connectivity index (χ0v) is 34.9. The van der Waals surface area contributed by atoms with Crippen molar-refractivity contribution in [3.8, 4) is 33.9 Å². The first-order valence-electron chi connectivity index (χ1n) is 20.5. The summed E-state index contributed by atoms with van der Waals surface area (Å²) in [5.41, 5.74) is 4.99. The molecule has 282 valence electrons. The lowest BCUT2D eigenvalue weighted by Crippen LogP contribution is -1.96. The van der Waals surface area contributed by atoms with Gasteiger partial charge in [0.2, 0.25) is 0 Å². The second-order valence-electron chi connectivity index (χ2n) is 16.0. The number of hydrogen-bond donors (Lipinski definition) is 0. The summed E-state index contributed by atoms with van der Waals surface area (Å²) in [7, 11) is 0. The zero-order valence-electron chi connectivity index (χ0n) is 32.4. The molecule has 0 radical (unpaired) electrons. The van der Waals surface area contributed by atoms with Crippen LogP contribution in [-0.4, -0.2) is 9.97 Å². The Kier molecular flexibility index (Phi) is 7.06. The molecule has 0 N–H and O–H groups in total. The standard InChI is InChI=1S/C56H30N2S3/c1-2-10-35-31(9-1)18-26-52-53(35)42-23-22-41-37-21-17-34(29-43(37)36-11-3-4-14-40(36)54(41)55(42)61-52)56-57-46(32-19-24-50-44(27-32)38-12-5-7-15-48(38)59-50)30-47(58-56)33-20-25-51-45(28-33)39-13-6-8-16-49(39)60-51/h1-30H. The number of hydrogen-bond acceptors (Lipinski definition) is 5. The molecule has 10 aromatic carbocycles. The van der Waals surface area contributed by atoms with E-state index >= 15 is 0 Å². The maximum Gasteiger partial charge on any atom is 0.160 e. The molecular formula is C56H30N2S3. The normalized spacial score (nSPS) is 12.3. The highest BCUT2D eigenvalue weighted by atomic mass is 32.1. The second-order valence-corrected chi connectivity index (χ2v) is 19.2. The number of thiophene rings is 3. The fourth-order valence-electron chi connectivity index (χ4n) is 9.82. The molecule has 0 unspecified atom stereocenters. The third-order valence-electron chi connectivity index (χ3n) is 12.7. The Morgan fingerprint density at radius 3 is 1.48 bits per heavy atom. The fraction of sp³-hybridized carbons (Fsp3) is 0. The maximum atomic E-state index is 5.41. The Morgan fingerprint density at radius 1 is 0.279 bits per heavy atom. The summed E-state index contributed by atoms with van der Waals surface area (Å²) in [5, 5.41) is 17.9. The quantitative estimate of drug-likeness (QED) is 0.166. The molecule has 2 nitrogen and oxygen atoms in total. The van der Waals surface area contributed by atoms with E-state index in [-0.39, 0.29) is 0 Å². The first-order chi connectivity index (χ1) is 30.2. The first-order valence-corrected chi connectivity index (χ1v) is 23.0. The lowest BCUT2D eigenvalue weighted by molar-refractivity contribution is 1.19. The van der Waals surface area contributed by atoms with Crippen molar-refractivity contribution >= 4 is 138 Å². The number of benzene rings is 10. The van der Waals surface area contributed by atoms with Crippen molar-refractivity contribution in [1.82, 2.24) is 9.97 Å². The van der Waals surface area contributed by atoms with E-state index in [1.165, 1.54) is 104 Å². The predicted octanol–water partition coefficient (Wildman–Crippen LogP) is 17.2. The Bertz CT molecular complexity index is 4040. The van der Waals surface area contributed by atoms with Crippen LogP contribution < -0.4 is 0 Å². The van der Waals surface area contributed by atoms with Crippen LogP contribution in [0, 0.1) is 0 Å². The summed E-state index contributed by atoms with van der Waals surface area (Å²) < 4.78 is 7.83. The molecule has 0 atom stereocenters. The number of rotatable bonds is 3. The molecule has 0 fully saturated rings. The van der Waals surface area contributed by atoms with Gasteiger partial charge in [-0.05, 0) is 92.3 Å². The SMILES string of the molecule is c1ccc2c(c1)ccc1sc3c(ccc4c5ccc(-c6nc(-c7ccc8sc9ccccc9c8c7)cc(-c7ccc8sc9ccccc9c8c7)n6)cc5c5ccccc5c43)c12. The molecule has 14 rings (SSSR count). The van der Waals surface area contributed by atoms with Crippen molar-refractivity contribution < 1.29 is 0 Å². The van der Waals surface area contributed by atoms with E-state index in [0.29, 0.717) is 0 Å². The van der Waals surface area contributed by atoms with Gasteiger partial charge in [-0.3, -0.25) is 0 Å². The van der Waals surface area contributed by atoms with Gasteiger partial charge < -0.3 is 0 Å². The maximum absolute atomic E-state index is 5.41. The molecule has 0 aliphatic heterocycles. The molecule has 0 spiro atoms. The van der Waals surface area contributed by atoms with Crippen LogP contribution in [0.3, 0.4) is 0 Å².